The van der Waals surface area contributed by atoms with Crippen molar-refractivity contribution in [3.63, 3.8) is 0 Å². The maximum atomic E-state index is 5.09. The van der Waals surface area contributed by atoms with Gasteiger partial charge < -0.3 is 9.15 Å². The molecule has 0 aliphatic carbocycles. The first-order valence-electron chi connectivity index (χ1n) is 3.80. The maximum Gasteiger partial charge on any atom is 0.213 e. The lowest BCUT2D eigenvalue weighted by atomic mass is 10.3. The van der Waals surface area contributed by atoms with Gasteiger partial charge in [-0.25, -0.2) is 9.97 Å². The number of ether oxygens (including phenoxy) is 1. The molecule has 0 aromatic carbocycles. The van der Waals surface area contributed by atoms with Gasteiger partial charge in [0.25, 0.3) is 0 Å². The average molecular weight is 176 g/mol. The van der Waals surface area contributed by atoms with Gasteiger partial charge in [0, 0.05) is 6.07 Å². The highest BCUT2D eigenvalue weighted by molar-refractivity contribution is 5.50. The maximum absolute atomic E-state index is 5.09. The molecule has 2 aromatic rings. The van der Waals surface area contributed by atoms with Gasteiger partial charge in [0.15, 0.2) is 12.2 Å². The van der Waals surface area contributed by atoms with Crippen LogP contribution in [-0.2, 0) is 0 Å². The van der Waals surface area contributed by atoms with E-state index in [4.69, 9.17) is 9.15 Å². The van der Waals surface area contributed by atoms with Crippen LogP contribution in [0.5, 0.6) is 5.88 Å². The lowest BCUT2D eigenvalue weighted by Crippen LogP contribution is -1.88. The molecule has 0 aliphatic rings. The van der Waals surface area contributed by atoms with Crippen LogP contribution in [0.1, 0.15) is 0 Å². The van der Waals surface area contributed by atoms with Gasteiger partial charge in [0.05, 0.1) is 13.3 Å². The Balaban J connectivity index is 2.41. The molecule has 0 atom stereocenters. The first kappa shape index (κ1) is 7.79. The molecule has 0 N–H and O–H groups in total. The standard InChI is InChI=1S/C9H8N2O2/c1-12-9-4-2-3-7(11-9)8-5-10-6-13-8/h2-6H,1H3. The van der Waals surface area contributed by atoms with Crippen molar-refractivity contribution in [1.29, 1.82) is 0 Å². The van der Waals surface area contributed by atoms with E-state index in [0.29, 0.717) is 11.6 Å². The van der Waals surface area contributed by atoms with Gasteiger partial charge in [0.2, 0.25) is 5.88 Å². The number of oxazole rings is 1. The molecule has 0 saturated carbocycles. The zero-order valence-electron chi connectivity index (χ0n) is 7.10. The zero-order chi connectivity index (χ0) is 9.10. The van der Waals surface area contributed by atoms with E-state index >= 15 is 0 Å². The second kappa shape index (κ2) is 3.26. The summed E-state index contributed by atoms with van der Waals surface area (Å²) in [6.07, 6.45) is 2.98. The molecule has 66 valence electrons. The minimum absolute atomic E-state index is 0.564. The molecular weight excluding hydrogens is 168 g/mol. The van der Waals surface area contributed by atoms with Crippen molar-refractivity contribution < 1.29 is 9.15 Å². The van der Waals surface area contributed by atoms with Crippen LogP contribution >= 0.6 is 0 Å². The number of aromatic nitrogens is 2. The fourth-order valence-electron chi connectivity index (χ4n) is 1.01. The number of hydrogen-bond acceptors (Lipinski definition) is 4. The molecule has 0 aliphatic heterocycles. The summed E-state index contributed by atoms with van der Waals surface area (Å²) >= 11 is 0. The monoisotopic (exact) mass is 176 g/mol. The summed E-state index contributed by atoms with van der Waals surface area (Å²) in [6.45, 7) is 0. The summed E-state index contributed by atoms with van der Waals surface area (Å²) in [6, 6.07) is 5.46. The van der Waals surface area contributed by atoms with Gasteiger partial charge in [-0.2, -0.15) is 0 Å². The predicted molar refractivity (Wildman–Crippen MR) is 46.3 cm³/mol. The Morgan fingerprint density at radius 1 is 1.38 bits per heavy atom. The second-order valence-electron chi connectivity index (χ2n) is 2.43. The van der Waals surface area contributed by atoms with E-state index in [9.17, 15) is 0 Å². The summed E-state index contributed by atoms with van der Waals surface area (Å²) < 4.78 is 10.1. The Morgan fingerprint density at radius 2 is 2.31 bits per heavy atom. The van der Waals surface area contributed by atoms with Crippen molar-refractivity contribution in [2.75, 3.05) is 7.11 Å². The van der Waals surface area contributed by atoms with Crippen LogP contribution in [0, 0.1) is 0 Å². The highest BCUT2D eigenvalue weighted by Gasteiger charge is 2.03. The number of nitrogens with zero attached hydrogens (tertiary/aromatic N) is 2. The molecule has 0 fully saturated rings. The number of rotatable bonds is 2. The van der Waals surface area contributed by atoms with E-state index in [-0.39, 0.29) is 0 Å². The number of hydrogen-bond donors (Lipinski definition) is 0. The lowest BCUT2D eigenvalue weighted by Gasteiger charge is -1.99. The number of pyridine rings is 1. The first-order chi connectivity index (χ1) is 6.40. The van der Waals surface area contributed by atoms with Gasteiger partial charge in [-0.05, 0) is 6.07 Å². The SMILES string of the molecule is COc1cccc(-c2cnco2)n1. The third kappa shape index (κ3) is 1.51. The van der Waals surface area contributed by atoms with E-state index in [1.165, 1.54) is 6.39 Å². The average Bonchev–Trinajstić information content (AvgIpc) is 2.71. The summed E-state index contributed by atoms with van der Waals surface area (Å²) in [5.41, 5.74) is 0.719. The lowest BCUT2D eigenvalue weighted by molar-refractivity contribution is 0.398. The van der Waals surface area contributed by atoms with Crippen molar-refractivity contribution in [3.05, 3.63) is 30.8 Å². The van der Waals surface area contributed by atoms with E-state index in [0.717, 1.165) is 5.69 Å². The van der Waals surface area contributed by atoms with E-state index in [1.54, 1.807) is 19.4 Å². The van der Waals surface area contributed by atoms with Crippen LogP contribution in [0.15, 0.2) is 35.2 Å². The van der Waals surface area contributed by atoms with Gasteiger partial charge >= 0.3 is 0 Å². The molecule has 4 heteroatoms. The second-order valence-corrected chi connectivity index (χ2v) is 2.43. The predicted octanol–water partition coefficient (Wildman–Crippen LogP) is 1.75. The van der Waals surface area contributed by atoms with Crippen molar-refractivity contribution in [2.45, 2.75) is 0 Å². The molecule has 0 bridgehead atoms. The summed E-state index contributed by atoms with van der Waals surface area (Å²) in [5, 5.41) is 0. The molecule has 0 unspecified atom stereocenters. The van der Waals surface area contributed by atoms with E-state index in [2.05, 4.69) is 9.97 Å². The molecule has 0 amide bonds. The Bertz CT molecular complexity index is 384. The molecule has 0 radical (unpaired) electrons. The summed E-state index contributed by atoms with van der Waals surface area (Å²) in [7, 11) is 1.58. The van der Waals surface area contributed by atoms with Crippen molar-refractivity contribution in [3.8, 4) is 17.3 Å². The summed E-state index contributed by atoms with van der Waals surface area (Å²) in [4.78, 5) is 7.98. The fraction of sp³-hybridized carbons (Fsp3) is 0.111. The largest absolute Gasteiger partial charge is 0.481 e. The molecular formula is C9H8N2O2. The van der Waals surface area contributed by atoms with Crippen LogP contribution in [-0.4, -0.2) is 17.1 Å². The molecule has 2 heterocycles. The van der Waals surface area contributed by atoms with Gasteiger partial charge in [0.1, 0.15) is 5.69 Å². The van der Waals surface area contributed by atoms with Crippen molar-refractivity contribution in [1.82, 2.24) is 9.97 Å². The molecule has 13 heavy (non-hydrogen) atoms. The Morgan fingerprint density at radius 3 is 3.00 bits per heavy atom. The van der Waals surface area contributed by atoms with Gasteiger partial charge in [-0.3, -0.25) is 0 Å². The molecule has 2 rings (SSSR count). The minimum Gasteiger partial charge on any atom is -0.481 e. The first-order valence-corrected chi connectivity index (χ1v) is 3.80. The van der Waals surface area contributed by atoms with Crippen LogP contribution in [0.4, 0.5) is 0 Å². The Hall–Kier alpha value is -1.84. The van der Waals surface area contributed by atoms with Crippen LogP contribution in [0.25, 0.3) is 11.5 Å². The van der Waals surface area contributed by atoms with Crippen LogP contribution < -0.4 is 4.74 Å². The zero-order valence-corrected chi connectivity index (χ0v) is 7.10. The number of methoxy groups -OCH3 is 1. The molecule has 2 aromatic heterocycles. The third-order valence-electron chi connectivity index (χ3n) is 1.62. The Kier molecular flexibility index (Phi) is 1.96. The van der Waals surface area contributed by atoms with Crippen LogP contribution in [0.2, 0.25) is 0 Å². The third-order valence-corrected chi connectivity index (χ3v) is 1.62. The molecule has 4 nitrogen and oxygen atoms in total. The molecule has 0 saturated heterocycles. The fourth-order valence-corrected chi connectivity index (χ4v) is 1.01. The quantitative estimate of drug-likeness (QED) is 0.699. The summed E-state index contributed by atoms with van der Waals surface area (Å²) in [5.74, 6) is 1.20. The smallest absolute Gasteiger partial charge is 0.213 e. The normalized spacial score (nSPS) is 9.92. The molecule has 0 spiro atoms. The van der Waals surface area contributed by atoms with E-state index < -0.39 is 0 Å². The van der Waals surface area contributed by atoms with Crippen LogP contribution in [0.3, 0.4) is 0 Å². The Labute approximate surface area is 75.2 Å². The van der Waals surface area contributed by atoms with Crippen molar-refractivity contribution >= 4 is 0 Å². The minimum atomic E-state index is 0.564. The van der Waals surface area contributed by atoms with Gasteiger partial charge in [-0.15, -0.1) is 0 Å². The highest BCUT2D eigenvalue weighted by atomic mass is 16.5. The van der Waals surface area contributed by atoms with Crippen molar-refractivity contribution in [2.24, 2.45) is 0 Å². The van der Waals surface area contributed by atoms with Gasteiger partial charge in [-0.1, -0.05) is 6.07 Å². The van der Waals surface area contributed by atoms with E-state index in [1.807, 2.05) is 12.1 Å². The topological polar surface area (TPSA) is 48.2 Å². The highest BCUT2D eigenvalue weighted by Crippen LogP contribution is 2.18.